The number of rotatable bonds is 4. The predicted molar refractivity (Wildman–Crippen MR) is 89.7 cm³/mol. The van der Waals surface area contributed by atoms with Crippen LogP contribution in [0.4, 0.5) is 0 Å². The number of aromatic hydroxyl groups is 2. The van der Waals surface area contributed by atoms with Gasteiger partial charge in [-0.3, -0.25) is 4.79 Å². The molecule has 0 heterocycles. The van der Waals surface area contributed by atoms with Crippen LogP contribution in [0.1, 0.15) is 29.2 Å². The lowest BCUT2D eigenvalue weighted by molar-refractivity contribution is -0.120. The maximum Gasteiger partial charge on any atom is 0.244 e. The molecule has 0 unspecified atom stereocenters. The van der Waals surface area contributed by atoms with Crippen LogP contribution in [0.3, 0.4) is 0 Å². The average Bonchev–Trinajstić information content (AvgIpc) is 2.48. The van der Waals surface area contributed by atoms with E-state index in [0.717, 1.165) is 16.7 Å². The number of nitrogens with zero attached hydrogens (tertiary/aromatic N) is 1. The van der Waals surface area contributed by atoms with Crippen molar-refractivity contribution in [3.63, 3.8) is 0 Å². The summed E-state index contributed by atoms with van der Waals surface area (Å²) in [6.07, 6.45) is 0.218. The summed E-state index contributed by atoms with van der Waals surface area (Å²) in [5.74, 6) is -0.434. The Morgan fingerprint density at radius 3 is 2.39 bits per heavy atom. The first-order chi connectivity index (χ1) is 10.9. The molecule has 120 valence electrons. The summed E-state index contributed by atoms with van der Waals surface area (Å²) in [5.41, 5.74) is 6.13. The minimum absolute atomic E-state index is 0.0881. The number of phenolic OH excluding ortho intramolecular Hbond substituents is 2. The predicted octanol–water partition coefficient (Wildman–Crippen LogP) is 2.80. The molecule has 5 heteroatoms. The molecule has 0 aromatic heterocycles. The number of benzene rings is 2. The summed E-state index contributed by atoms with van der Waals surface area (Å²) >= 11 is 0. The van der Waals surface area contributed by atoms with Crippen LogP contribution in [0.15, 0.2) is 41.5 Å². The lowest BCUT2D eigenvalue weighted by Gasteiger charge is -2.08. The van der Waals surface area contributed by atoms with Crippen molar-refractivity contribution < 1.29 is 15.0 Å². The third-order valence-electron chi connectivity index (χ3n) is 3.58. The van der Waals surface area contributed by atoms with Crippen LogP contribution in [0.25, 0.3) is 0 Å². The van der Waals surface area contributed by atoms with E-state index in [1.807, 2.05) is 32.0 Å². The van der Waals surface area contributed by atoms with Crippen LogP contribution in [0, 0.1) is 13.8 Å². The number of hydrazone groups is 1. The van der Waals surface area contributed by atoms with E-state index >= 15 is 0 Å². The van der Waals surface area contributed by atoms with Gasteiger partial charge in [-0.2, -0.15) is 5.10 Å². The van der Waals surface area contributed by atoms with Crippen molar-refractivity contribution in [2.24, 2.45) is 5.10 Å². The second-order valence-corrected chi connectivity index (χ2v) is 5.51. The van der Waals surface area contributed by atoms with Gasteiger partial charge in [-0.25, -0.2) is 5.43 Å². The highest BCUT2D eigenvalue weighted by atomic mass is 16.3. The highest BCUT2D eigenvalue weighted by Crippen LogP contribution is 2.26. The molecule has 0 aliphatic heterocycles. The molecule has 2 aromatic rings. The Hall–Kier alpha value is -2.82. The van der Waals surface area contributed by atoms with Gasteiger partial charge in [0.05, 0.1) is 17.7 Å². The van der Waals surface area contributed by atoms with E-state index in [4.69, 9.17) is 0 Å². The van der Waals surface area contributed by atoms with Crippen LogP contribution >= 0.6 is 0 Å². The van der Waals surface area contributed by atoms with Gasteiger partial charge in [0.1, 0.15) is 11.5 Å². The van der Waals surface area contributed by atoms with E-state index in [1.165, 1.54) is 18.2 Å². The largest absolute Gasteiger partial charge is 0.507 e. The van der Waals surface area contributed by atoms with Crippen LogP contribution < -0.4 is 5.43 Å². The fourth-order valence-corrected chi connectivity index (χ4v) is 2.36. The van der Waals surface area contributed by atoms with E-state index in [2.05, 4.69) is 10.5 Å². The van der Waals surface area contributed by atoms with E-state index in [9.17, 15) is 15.0 Å². The molecule has 0 atom stereocenters. The SMILES string of the molecule is C/C(=N/NC(=O)Cc1ccc(C)cc1C)c1c(O)cccc1O. The highest BCUT2D eigenvalue weighted by molar-refractivity contribution is 6.03. The zero-order valence-corrected chi connectivity index (χ0v) is 13.4. The fraction of sp³-hybridized carbons (Fsp3) is 0.222. The van der Waals surface area contributed by atoms with Gasteiger partial charge in [0, 0.05) is 0 Å². The van der Waals surface area contributed by atoms with Crippen molar-refractivity contribution >= 4 is 11.6 Å². The molecule has 0 saturated carbocycles. The Bertz CT molecular complexity index is 747. The number of hydrogen-bond donors (Lipinski definition) is 3. The second kappa shape index (κ2) is 6.96. The normalized spacial score (nSPS) is 11.3. The van der Waals surface area contributed by atoms with Crippen molar-refractivity contribution in [2.45, 2.75) is 27.2 Å². The molecule has 0 aliphatic carbocycles. The highest BCUT2D eigenvalue weighted by Gasteiger charge is 2.11. The number of amides is 1. The molecular weight excluding hydrogens is 292 g/mol. The van der Waals surface area contributed by atoms with E-state index in [0.29, 0.717) is 5.71 Å². The van der Waals surface area contributed by atoms with Gasteiger partial charge < -0.3 is 10.2 Å². The zero-order chi connectivity index (χ0) is 17.0. The first-order valence-corrected chi connectivity index (χ1v) is 7.29. The fourth-order valence-electron chi connectivity index (χ4n) is 2.36. The molecule has 0 fully saturated rings. The molecule has 2 aromatic carbocycles. The summed E-state index contributed by atoms with van der Waals surface area (Å²) in [4.78, 5) is 12.0. The number of carbonyl (C=O) groups is 1. The van der Waals surface area contributed by atoms with Crippen molar-refractivity contribution in [1.82, 2.24) is 5.43 Å². The molecule has 2 rings (SSSR count). The Balaban J connectivity index is 2.08. The smallest absolute Gasteiger partial charge is 0.244 e. The van der Waals surface area contributed by atoms with Gasteiger partial charge in [0.2, 0.25) is 5.91 Å². The maximum absolute atomic E-state index is 12.0. The Morgan fingerprint density at radius 2 is 1.78 bits per heavy atom. The molecule has 0 bridgehead atoms. The molecule has 0 aliphatic rings. The van der Waals surface area contributed by atoms with Crippen LogP contribution in [-0.2, 0) is 11.2 Å². The standard InChI is InChI=1S/C18H20N2O3/c1-11-7-8-14(12(2)9-11)10-17(23)20-19-13(3)18-15(21)5-4-6-16(18)22/h4-9,21-22H,10H2,1-3H3,(H,20,23)/b19-13-. The number of nitrogens with one attached hydrogen (secondary N) is 1. The third-order valence-corrected chi connectivity index (χ3v) is 3.58. The van der Waals surface area contributed by atoms with Gasteiger partial charge in [0.15, 0.2) is 0 Å². The molecule has 23 heavy (non-hydrogen) atoms. The number of phenols is 2. The lowest BCUT2D eigenvalue weighted by Crippen LogP contribution is -2.21. The molecule has 0 saturated heterocycles. The van der Waals surface area contributed by atoms with Gasteiger partial charge in [-0.05, 0) is 44.0 Å². The quantitative estimate of drug-likeness (QED) is 0.600. The first-order valence-electron chi connectivity index (χ1n) is 7.29. The van der Waals surface area contributed by atoms with Crippen LogP contribution in [-0.4, -0.2) is 21.8 Å². The molecule has 0 radical (unpaired) electrons. The number of aryl methyl sites for hydroxylation is 2. The van der Waals surface area contributed by atoms with Crippen LogP contribution in [0.5, 0.6) is 11.5 Å². The van der Waals surface area contributed by atoms with Gasteiger partial charge >= 0.3 is 0 Å². The lowest BCUT2D eigenvalue weighted by atomic mass is 10.0. The number of hydrogen-bond acceptors (Lipinski definition) is 4. The minimum Gasteiger partial charge on any atom is -0.507 e. The van der Waals surface area contributed by atoms with Gasteiger partial charge in [-0.1, -0.05) is 29.8 Å². The topological polar surface area (TPSA) is 81.9 Å². The van der Waals surface area contributed by atoms with Crippen molar-refractivity contribution in [3.05, 3.63) is 58.7 Å². The van der Waals surface area contributed by atoms with Gasteiger partial charge in [-0.15, -0.1) is 0 Å². The minimum atomic E-state index is -0.258. The molecule has 0 spiro atoms. The summed E-state index contributed by atoms with van der Waals surface area (Å²) in [7, 11) is 0. The summed E-state index contributed by atoms with van der Waals surface area (Å²) in [6.45, 7) is 5.57. The summed E-state index contributed by atoms with van der Waals surface area (Å²) in [5, 5.41) is 23.5. The third kappa shape index (κ3) is 4.10. The summed E-state index contributed by atoms with van der Waals surface area (Å²) in [6, 6.07) is 10.3. The van der Waals surface area contributed by atoms with Crippen molar-refractivity contribution in [2.75, 3.05) is 0 Å². The van der Waals surface area contributed by atoms with Crippen LogP contribution in [0.2, 0.25) is 0 Å². The second-order valence-electron chi connectivity index (χ2n) is 5.51. The molecular formula is C18H20N2O3. The van der Waals surface area contributed by atoms with E-state index < -0.39 is 0 Å². The maximum atomic E-state index is 12.0. The Morgan fingerprint density at radius 1 is 1.13 bits per heavy atom. The Labute approximate surface area is 135 Å². The molecule has 1 amide bonds. The van der Waals surface area contributed by atoms with Crippen molar-refractivity contribution in [3.8, 4) is 11.5 Å². The van der Waals surface area contributed by atoms with E-state index in [-0.39, 0.29) is 29.4 Å². The van der Waals surface area contributed by atoms with E-state index in [1.54, 1.807) is 6.92 Å². The number of carbonyl (C=O) groups excluding carboxylic acids is 1. The monoisotopic (exact) mass is 312 g/mol. The zero-order valence-electron chi connectivity index (χ0n) is 13.4. The van der Waals surface area contributed by atoms with Crippen molar-refractivity contribution in [1.29, 1.82) is 0 Å². The average molecular weight is 312 g/mol. The Kier molecular flexibility index (Phi) is 5.01. The summed E-state index contributed by atoms with van der Waals surface area (Å²) < 4.78 is 0. The molecule has 5 nitrogen and oxygen atoms in total. The first kappa shape index (κ1) is 16.5. The molecule has 3 N–H and O–H groups in total. The van der Waals surface area contributed by atoms with Gasteiger partial charge in [0.25, 0.3) is 0 Å².